The van der Waals surface area contributed by atoms with Crippen molar-refractivity contribution in [1.29, 1.82) is 0 Å². The van der Waals surface area contributed by atoms with E-state index in [1.54, 1.807) is 12.1 Å². The van der Waals surface area contributed by atoms with Crippen LogP contribution in [0.5, 0.6) is 0 Å². The molecule has 4 rings (SSSR count). The maximum Gasteiger partial charge on any atom is 0.289 e. The molecule has 7 nitrogen and oxygen atoms in total. The van der Waals surface area contributed by atoms with Crippen LogP contribution in [-0.2, 0) is 11.4 Å². The van der Waals surface area contributed by atoms with Crippen LogP contribution in [0.4, 0.5) is 0 Å². The summed E-state index contributed by atoms with van der Waals surface area (Å²) in [5.41, 5.74) is 0. The number of aliphatic hydroxyl groups is 1. The molecule has 0 bridgehead atoms. The monoisotopic (exact) mass is 389 g/mol. The summed E-state index contributed by atoms with van der Waals surface area (Å²) in [4.78, 5) is 31.7. The minimum Gasteiger partial charge on any atom is -0.453 e. The Hall–Kier alpha value is -1.86. The first-order chi connectivity index (χ1) is 13.7. The van der Waals surface area contributed by atoms with Crippen LogP contribution in [0.25, 0.3) is 0 Å². The average Bonchev–Trinajstić information content (AvgIpc) is 3.45. The Morgan fingerprint density at radius 1 is 0.964 bits per heavy atom. The second-order valence-electron chi connectivity index (χ2n) is 8.31. The van der Waals surface area contributed by atoms with E-state index in [1.807, 2.05) is 4.90 Å². The van der Waals surface area contributed by atoms with E-state index in [2.05, 4.69) is 9.80 Å². The Kier molecular flexibility index (Phi) is 6.01. The molecule has 3 saturated heterocycles. The Morgan fingerprint density at radius 3 is 2.39 bits per heavy atom. The third kappa shape index (κ3) is 4.10. The number of carbonyl (C=O) groups is 2. The number of likely N-dealkylation sites (tertiary alicyclic amines) is 3. The molecule has 1 aromatic heterocycles. The van der Waals surface area contributed by atoms with Gasteiger partial charge < -0.3 is 19.3 Å². The topological polar surface area (TPSA) is 77.2 Å². The molecule has 28 heavy (non-hydrogen) atoms. The summed E-state index contributed by atoms with van der Waals surface area (Å²) in [6, 6.07) is 3.73. The molecule has 154 valence electrons. The number of rotatable bonds is 4. The van der Waals surface area contributed by atoms with Crippen molar-refractivity contribution < 1.29 is 19.1 Å². The van der Waals surface area contributed by atoms with Crippen LogP contribution < -0.4 is 0 Å². The molecule has 3 aliphatic rings. The van der Waals surface area contributed by atoms with Crippen LogP contribution in [0.2, 0.25) is 0 Å². The van der Waals surface area contributed by atoms with Crippen LogP contribution in [0.15, 0.2) is 16.5 Å². The van der Waals surface area contributed by atoms with Gasteiger partial charge in [0.1, 0.15) is 12.4 Å². The molecule has 7 heteroatoms. The molecule has 4 heterocycles. The van der Waals surface area contributed by atoms with Crippen LogP contribution in [0.3, 0.4) is 0 Å². The van der Waals surface area contributed by atoms with E-state index >= 15 is 0 Å². The summed E-state index contributed by atoms with van der Waals surface area (Å²) in [5.74, 6) is 1.12. The third-order valence-electron chi connectivity index (χ3n) is 6.52. The molecule has 2 amide bonds. The number of hydrogen-bond acceptors (Lipinski definition) is 5. The Labute approximate surface area is 166 Å². The molecular weight excluding hydrogens is 358 g/mol. The molecule has 3 aliphatic heterocycles. The Balaban J connectivity index is 1.29. The molecule has 0 unspecified atom stereocenters. The first kappa shape index (κ1) is 19.5. The second-order valence-corrected chi connectivity index (χ2v) is 8.31. The summed E-state index contributed by atoms with van der Waals surface area (Å²) in [7, 11) is 0. The quantitative estimate of drug-likeness (QED) is 0.848. The largest absolute Gasteiger partial charge is 0.453 e. The zero-order chi connectivity index (χ0) is 19.5. The fourth-order valence-corrected chi connectivity index (χ4v) is 4.90. The summed E-state index contributed by atoms with van der Waals surface area (Å²) in [5, 5.41) is 9.10. The summed E-state index contributed by atoms with van der Waals surface area (Å²) >= 11 is 0. The van der Waals surface area contributed by atoms with Gasteiger partial charge in [0.15, 0.2) is 5.76 Å². The summed E-state index contributed by atoms with van der Waals surface area (Å²) in [6.07, 6.45) is 6.25. The van der Waals surface area contributed by atoms with Gasteiger partial charge in [0.2, 0.25) is 5.91 Å². The summed E-state index contributed by atoms with van der Waals surface area (Å²) in [6.45, 7) is 5.01. The summed E-state index contributed by atoms with van der Waals surface area (Å²) < 4.78 is 5.39. The number of piperidine rings is 2. The van der Waals surface area contributed by atoms with E-state index in [0.29, 0.717) is 36.6 Å². The van der Waals surface area contributed by atoms with Crippen LogP contribution >= 0.6 is 0 Å². The lowest BCUT2D eigenvalue weighted by Crippen LogP contribution is -2.51. The maximum atomic E-state index is 12.8. The lowest BCUT2D eigenvalue weighted by atomic mass is 9.93. The van der Waals surface area contributed by atoms with Gasteiger partial charge in [-0.3, -0.25) is 14.5 Å². The zero-order valence-corrected chi connectivity index (χ0v) is 16.5. The molecule has 1 N–H and O–H groups in total. The predicted octanol–water partition coefficient (Wildman–Crippen LogP) is 1.71. The zero-order valence-electron chi connectivity index (χ0n) is 16.5. The number of aliphatic hydroxyl groups excluding tert-OH is 1. The minimum absolute atomic E-state index is 0.0983. The highest BCUT2D eigenvalue weighted by atomic mass is 16.4. The van der Waals surface area contributed by atoms with Crippen molar-refractivity contribution in [2.24, 2.45) is 5.92 Å². The standard InChI is InChI=1S/C21H31N3O4/c25-15-18-5-6-19(28-18)21(27)23-12-7-17(8-13-23)24-11-3-4-16(14-24)20(26)22-9-1-2-10-22/h5-6,16-17,25H,1-4,7-15H2/t16-/m0/s1. The smallest absolute Gasteiger partial charge is 0.289 e. The molecular formula is C21H31N3O4. The van der Waals surface area contributed by atoms with E-state index < -0.39 is 0 Å². The molecule has 0 saturated carbocycles. The van der Waals surface area contributed by atoms with E-state index in [-0.39, 0.29) is 18.4 Å². The Bertz CT molecular complexity index is 690. The van der Waals surface area contributed by atoms with Gasteiger partial charge in [0.05, 0.1) is 5.92 Å². The van der Waals surface area contributed by atoms with Crippen molar-refractivity contribution in [2.75, 3.05) is 39.3 Å². The lowest BCUT2D eigenvalue weighted by Gasteiger charge is -2.42. The third-order valence-corrected chi connectivity index (χ3v) is 6.52. The molecule has 3 fully saturated rings. The molecule has 0 aliphatic carbocycles. The molecule has 0 aromatic carbocycles. The van der Waals surface area contributed by atoms with Gasteiger partial charge in [0, 0.05) is 38.8 Å². The Morgan fingerprint density at radius 2 is 1.71 bits per heavy atom. The number of nitrogens with zero attached hydrogens (tertiary/aromatic N) is 3. The van der Waals surface area contributed by atoms with Crippen LogP contribution in [0, 0.1) is 5.92 Å². The fraction of sp³-hybridized carbons (Fsp3) is 0.714. The van der Waals surface area contributed by atoms with Crippen molar-refractivity contribution >= 4 is 11.8 Å². The fourth-order valence-electron chi connectivity index (χ4n) is 4.90. The van der Waals surface area contributed by atoms with Crippen molar-refractivity contribution in [3.63, 3.8) is 0 Å². The molecule has 0 radical (unpaired) electrons. The van der Waals surface area contributed by atoms with Crippen molar-refractivity contribution in [3.05, 3.63) is 23.7 Å². The van der Waals surface area contributed by atoms with Crippen molar-refractivity contribution in [3.8, 4) is 0 Å². The van der Waals surface area contributed by atoms with Crippen molar-refractivity contribution in [1.82, 2.24) is 14.7 Å². The number of carbonyl (C=O) groups excluding carboxylic acids is 2. The average molecular weight is 389 g/mol. The van der Waals surface area contributed by atoms with E-state index in [4.69, 9.17) is 9.52 Å². The second kappa shape index (κ2) is 8.66. The maximum absolute atomic E-state index is 12.8. The first-order valence-corrected chi connectivity index (χ1v) is 10.7. The molecule has 0 spiro atoms. The van der Waals surface area contributed by atoms with Gasteiger partial charge in [-0.2, -0.15) is 0 Å². The first-order valence-electron chi connectivity index (χ1n) is 10.7. The molecule has 1 atom stereocenters. The highest BCUT2D eigenvalue weighted by Crippen LogP contribution is 2.26. The highest BCUT2D eigenvalue weighted by Gasteiger charge is 2.35. The number of hydrogen-bond donors (Lipinski definition) is 1. The van der Waals surface area contributed by atoms with Gasteiger partial charge in [-0.1, -0.05) is 0 Å². The normalized spacial score (nSPS) is 24.7. The minimum atomic E-state index is -0.193. The van der Waals surface area contributed by atoms with Crippen molar-refractivity contribution in [2.45, 2.75) is 51.2 Å². The molecule has 1 aromatic rings. The van der Waals surface area contributed by atoms with Gasteiger partial charge >= 0.3 is 0 Å². The van der Waals surface area contributed by atoms with E-state index in [0.717, 1.165) is 64.7 Å². The predicted molar refractivity (Wildman–Crippen MR) is 104 cm³/mol. The van der Waals surface area contributed by atoms with Crippen LogP contribution in [-0.4, -0.2) is 76.9 Å². The lowest BCUT2D eigenvalue weighted by molar-refractivity contribution is -0.136. The highest BCUT2D eigenvalue weighted by molar-refractivity contribution is 5.91. The van der Waals surface area contributed by atoms with E-state index in [1.165, 1.54) is 0 Å². The van der Waals surface area contributed by atoms with Gasteiger partial charge in [0.25, 0.3) is 5.91 Å². The van der Waals surface area contributed by atoms with Gasteiger partial charge in [-0.05, 0) is 57.2 Å². The van der Waals surface area contributed by atoms with Gasteiger partial charge in [-0.25, -0.2) is 0 Å². The van der Waals surface area contributed by atoms with Gasteiger partial charge in [-0.15, -0.1) is 0 Å². The number of amides is 2. The number of furan rings is 1. The van der Waals surface area contributed by atoms with Crippen LogP contribution in [0.1, 0.15) is 54.8 Å². The van der Waals surface area contributed by atoms with E-state index in [9.17, 15) is 9.59 Å². The SMILES string of the molecule is O=C(c1ccc(CO)o1)N1CCC(N2CCC[C@H](C(=O)N3CCCC3)C2)CC1.